The molecule has 0 bridgehead atoms. The molecule has 0 saturated heterocycles. The number of aryl methyl sites for hydroxylation is 1. The van der Waals surface area contributed by atoms with Crippen molar-refractivity contribution >= 4 is 34.4 Å². The van der Waals surface area contributed by atoms with Crippen molar-refractivity contribution in [2.45, 2.75) is 69.5 Å². The minimum Gasteiger partial charge on any atom is -0.368 e. The normalized spacial score (nSPS) is 16.1. The number of benzene rings is 2. The lowest BCUT2D eigenvalue weighted by Crippen LogP contribution is -2.57. The predicted octanol–water partition coefficient (Wildman–Crippen LogP) is 2.33. The number of unbranched alkanes of at least 4 members (excludes halogenated alkanes) is 1. The molecule has 238 valence electrons. The Morgan fingerprint density at radius 3 is 2.42 bits per heavy atom. The van der Waals surface area contributed by atoms with Crippen LogP contribution in [0.4, 0.5) is 0 Å². The number of H-pyrrole nitrogens is 1. The fraction of sp³-hybridized carbons (Fsp3) is 0.382. The van der Waals surface area contributed by atoms with Crippen molar-refractivity contribution in [1.29, 1.82) is 0 Å². The molecule has 11 nitrogen and oxygen atoms in total. The van der Waals surface area contributed by atoms with Gasteiger partial charge < -0.3 is 32.4 Å². The van der Waals surface area contributed by atoms with E-state index in [-0.39, 0.29) is 24.7 Å². The summed E-state index contributed by atoms with van der Waals surface area (Å²) >= 11 is 0. The van der Waals surface area contributed by atoms with Crippen molar-refractivity contribution in [3.63, 3.8) is 0 Å². The SMILES string of the molecule is NCCCC[C@H](NC(=O)[C@@H](CC1C=CC=CC1)NC(=O)[C@@H](Cc1ccc2ccccc2c1)NC(=O)CCc1cnc[nH]1)C(N)=O. The molecule has 1 aromatic heterocycles. The molecule has 4 amide bonds. The lowest BCUT2D eigenvalue weighted by Gasteiger charge is -2.27. The number of amides is 4. The molecule has 0 aliphatic heterocycles. The highest BCUT2D eigenvalue weighted by atomic mass is 16.2. The van der Waals surface area contributed by atoms with Gasteiger partial charge in [-0.15, -0.1) is 0 Å². The van der Waals surface area contributed by atoms with Crippen LogP contribution in [-0.4, -0.2) is 58.3 Å². The third-order valence-corrected chi connectivity index (χ3v) is 7.93. The maximum atomic E-state index is 13.9. The van der Waals surface area contributed by atoms with Crippen LogP contribution in [0, 0.1) is 5.92 Å². The average molecular weight is 614 g/mol. The van der Waals surface area contributed by atoms with E-state index >= 15 is 0 Å². The third kappa shape index (κ3) is 10.4. The number of imidazole rings is 1. The van der Waals surface area contributed by atoms with E-state index in [1.54, 1.807) is 12.5 Å². The first kappa shape index (κ1) is 33.1. The summed E-state index contributed by atoms with van der Waals surface area (Å²) in [5.74, 6) is -1.95. The first-order valence-corrected chi connectivity index (χ1v) is 15.5. The van der Waals surface area contributed by atoms with E-state index in [1.807, 2.05) is 66.8 Å². The summed E-state index contributed by atoms with van der Waals surface area (Å²) in [6.07, 6.45) is 14.5. The molecule has 0 spiro atoms. The monoisotopic (exact) mass is 613 g/mol. The minimum atomic E-state index is -0.962. The molecular weight excluding hydrogens is 570 g/mol. The van der Waals surface area contributed by atoms with Crippen LogP contribution < -0.4 is 27.4 Å². The number of hydrogen-bond acceptors (Lipinski definition) is 6. The minimum absolute atomic E-state index is 0.00162. The van der Waals surface area contributed by atoms with E-state index in [4.69, 9.17) is 11.5 Å². The van der Waals surface area contributed by atoms with Crippen molar-refractivity contribution in [2.75, 3.05) is 6.54 Å². The highest BCUT2D eigenvalue weighted by molar-refractivity contribution is 5.94. The van der Waals surface area contributed by atoms with Crippen LogP contribution in [0.3, 0.4) is 0 Å². The quantitative estimate of drug-likeness (QED) is 0.127. The Morgan fingerprint density at radius 1 is 0.933 bits per heavy atom. The standard InChI is InChI=1S/C34H43N7O4/c35-17-7-6-12-28(32(36)43)40-34(45)30(19-23-8-2-1-3-9-23)41-33(44)29(39-31(42)16-15-27-21-37-22-38-27)20-24-13-14-25-10-4-5-11-26(25)18-24/h1-5,8,10-11,13-14,18,21-23,28-30H,6-7,9,12,15-17,19-20,35H2,(H2,36,43)(H,37,38)(H,39,42)(H,40,45)(H,41,44)/t23?,28-,29+,30+/m0/s1. The van der Waals surface area contributed by atoms with Gasteiger partial charge in [0.05, 0.1) is 6.33 Å². The second-order valence-corrected chi connectivity index (χ2v) is 11.4. The highest BCUT2D eigenvalue weighted by Gasteiger charge is 2.30. The van der Waals surface area contributed by atoms with Crippen molar-refractivity contribution in [1.82, 2.24) is 25.9 Å². The Kier molecular flexibility index (Phi) is 12.4. The molecule has 1 aliphatic carbocycles. The van der Waals surface area contributed by atoms with Crippen LogP contribution in [0.15, 0.2) is 79.3 Å². The van der Waals surface area contributed by atoms with Crippen LogP contribution in [-0.2, 0) is 32.0 Å². The predicted molar refractivity (Wildman–Crippen MR) is 173 cm³/mol. The number of nitrogens with one attached hydrogen (secondary N) is 4. The number of aromatic amines is 1. The van der Waals surface area contributed by atoms with Gasteiger partial charge in [0, 0.05) is 24.7 Å². The number of rotatable bonds is 17. The molecule has 1 aliphatic rings. The second-order valence-electron chi connectivity index (χ2n) is 11.4. The number of carbonyl (C=O) groups excluding carboxylic acids is 4. The molecule has 11 heteroatoms. The summed E-state index contributed by atoms with van der Waals surface area (Å²) in [7, 11) is 0. The Labute approximate surface area is 263 Å². The fourth-order valence-corrected chi connectivity index (χ4v) is 5.41. The van der Waals surface area contributed by atoms with Crippen LogP contribution >= 0.6 is 0 Å². The summed E-state index contributed by atoms with van der Waals surface area (Å²) in [6.45, 7) is 0.464. The van der Waals surface area contributed by atoms with Gasteiger partial charge in [0.1, 0.15) is 18.1 Å². The van der Waals surface area contributed by atoms with Crippen molar-refractivity contribution in [2.24, 2.45) is 17.4 Å². The molecule has 45 heavy (non-hydrogen) atoms. The molecule has 0 saturated carbocycles. The Morgan fingerprint density at radius 2 is 1.71 bits per heavy atom. The van der Waals surface area contributed by atoms with Gasteiger partial charge >= 0.3 is 0 Å². The largest absolute Gasteiger partial charge is 0.368 e. The van der Waals surface area contributed by atoms with Gasteiger partial charge in [0.2, 0.25) is 23.6 Å². The zero-order valence-corrected chi connectivity index (χ0v) is 25.4. The molecule has 2 aromatic carbocycles. The van der Waals surface area contributed by atoms with Crippen LogP contribution in [0.1, 0.15) is 49.8 Å². The number of carbonyl (C=O) groups is 4. The average Bonchev–Trinajstić information content (AvgIpc) is 3.57. The molecule has 3 aromatic rings. The van der Waals surface area contributed by atoms with Crippen molar-refractivity contribution in [3.05, 3.63) is 90.6 Å². The number of allylic oxidation sites excluding steroid dienone is 4. The summed E-state index contributed by atoms with van der Waals surface area (Å²) < 4.78 is 0. The first-order chi connectivity index (χ1) is 21.8. The molecule has 1 heterocycles. The number of hydrogen-bond donors (Lipinski definition) is 6. The van der Waals surface area contributed by atoms with Crippen LogP contribution in [0.25, 0.3) is 10.8 Å². The molecule has 4 atom stereocenters. The van der Waals surface area contributed by atoms with E-state index in [1.165, 1.54) is 0 Å². The lowest BCUT2D eigenvalue weighted by molar-refractivity contribution is -0.133. The number of primary amides is 1. The van der Waals surface area contributed by atoms with Crippen molar-refractivity contribution < 1.29 is 19.2 Å². The highest BCUT2D eigenvalue weighted by Crippen LogP contribution is 2.20. The Hall–Kier alpha value is -4.77. The number of aromatic nitrogens is 2. The maximum absolute atomic E-state index is 13.9. The van der Waals surface area contributed by atoms with E-state index in [0.29, 0.717) is 45.1 Å². The second kappa shape index (κ2) is 16.9. The fourth-order valence-electron chi connectivity index (χ4n) is 5.41. The Bertz CT molecular complexity index is 1500. The number of nitrogens with two attached hydrogens (primary N) is 2. The van der Waals surface area contributed by atoms with Crippen LogP contribution in [0.5, 0.6) is 0 Å². The van der Waals surface area contributed by atoms with E-state index in [2.05, 4.69) is 25.9 Å². The van der Waals surface area contributed by atoms with Gasteiger partial charge in [0.25, 0.3) is 0 Å². The van der Waals surface area contributed by atoms with Gasteiger partial charge in [-0.1, -0.05) is 66.8 Å². The molecule has 1 unspecified atom stereocenters. The first-order valence-electron chi connectivity index (χ1n) is 15.5. The summed E-state index contributed by atoms with van der Waals surface area (Å²) in [5, 5.41) is 10.6. The topological polar surface area (TPSA) is 185 Å². The number of nitrogens with zero attached hydrogens (tertiary/aromatic N) is 1. The Balaban J connectivity index is 1.53. The van der Waals surface area contributed by atoms with Crippen molar-refractivity contribution in [3.8, 4) is 0 Å². The zero-order chi connectivity index (χ0) is 32.0. The van der Waals surface area contributed by atoms with Gasteiger partial charge in [-0.25, -0.2) is 4.98 Å². The van der Waals surface area contributed by atoms with E-state index in [9.17, 15) is 19.2 Å². The summed E-state index contributed by atoms with van der Waals surface area (Å²) in [4.78, 5) is 59.7. The summed E-state index contributed by atoms with van der Waals surface area (Å²) in [5.41, 5.74) is 12.9. The molecule has 4 rings (SSSR count). The van der Waals surface area contributed by atoms with Gasteiger partial charge in [-0.05, 0) is 67.3 Å². The molecule has 0 fully saturated rings. The van der Waals surface area contributed by atoms with Gasteiger partial charge in [-0.3, -0.25) is 19.2 Å². The maximum Gasteiger partial charge on any atom is 0.243 e. The molecular formula is C34H43N7O4. The lowest BCUT2D eigenvalue weighted by atomic mass is 9.92. The van der Waals surface area contributed by atoms with E-state index < -0.39 is 35.8 Å². The van der Waals surface area contributed by atoms with Crippen LogP contribution in [0.2, 0.25) is 0 Å². The smallest absolute Gasteiger partial charge is 0.243 e. The number of fused-ring (bicyclic) bond motifs is 1. The van der Waals surface area contributed by atoms with Gasteiger partial charge in [0.15, 0.2) is 0 Å². The zero-order valence-electron chi connectivity index (χ0n) is 25.4. The van der Waals surface area contributed by atoms with E-state index in [0.717, 1.165) is 22.0 Å². The third-order valence-electron chi connectivity index (χ3n) is 7.93. The molecule has 8 N–H and O–H groups in total. The molecule has 0 radical (unpaired) electrons. The van der Waals surface area contributed by atoms with Gasteiger partial charge in [-0.2, -0.15) is 0 Å². The summed E-state index contributed by atoms with van der Waals surface area (Å²) in [6, 6.07) is 11.0.